The van der Waals surface area contributed by atoms with Crippen LogP contribution in [0.15, 0.2) is 22.7 Å². The highest BCUT2D eigenvalue weighted by Gasteiger charge is 2.51. The summed E-state index contributed by atoms with van der Waals surface area (Å²) < 4.78 is 39.7. The van der Waals surface area contributed by atoms with Crippen LogP contribution in [0, 0.1) is 0 Å². The number of benzene rings is 1. The third kappa shape index (κ3) is 2.19. The van der Waals surface area contributed by atoms with Gasteiger partial charge >= 0.3 is 6.18 Å². The van der Waals surface area contributed by atoms with E-state index in [1.807, 2.05) is 0 Å². The summed E-state index contributed by atoms with van der Waals surface area (Å²) in [6.07, 6.45) is -4.52. The highest BCUT2D eigenvalue weighted by molar-refractivity contribution is 9.10. The van der Waals surface area contributed by atoms with Crippen LogP contribution in [0.25, 0.3) is 10.2 Å². The highest BCUT2D eigenvalue weighted by Crippen LogP contribution is 2.39. The molecule has 0 saturated heterocycles. The van der Waals surface area contributed by atoms with Crippen LogP contribution in [0.3, 0.4) is 0 Å². The molecule has 1 aromatic carbocycles. The minimum absolute atomic E-state index is 0.127. The monoisotopic (exact) mass is 324 g/mol. The van der Waals surface area contributed by atoms with Crippen molar-refractivity contribution >= 4 is 37.5 Å². The van der Waals surface area contributed by atoms with Crippen molar-refractivity contribution in [2.45, 2.75) is 18.6 Å². The van der Waals surface area contributed by atoms with Gasteiger partial charge in [-0.25, -0.2) is 4.98 Å². The van der Waals surface area contributed by atoms with Crippen LogP contribution in [-0.2, 0) is 5.54 Å². The van der Waals surface area contributed by atoms with Crippen LogP contribution in [-0.4, -0.2) is 11.2 Å². The Morgan fingerprint density at radius 2 is 2.00 bits per heavy atom. The average molecular weight is 325 g/mol. The fourth-order valence-corrected chi connectivity index (χ4v) is 2.62. The quantitative estimate of drug-likeness (QED) is 0.866. The van der Waals surface area contributed by atoms with Gasteiger partial charge in [0.15, 0.2) is 5.54 Å². The van der Waals surface area contributed by atoms with E-state index in [-0.39, 0.29) is 5.01 Å². The van der Waals surface area contributed by atoms with E-state index in [0.29, 0.717) is 10.2 Å². The summed E-state index contributed by atoms with van der Waals surface area (Å²) in [6, 6.07) is 5.14. The number of alkyl halides is 3. The molecule has 1 heterocycles. The summed E-state index contributed by atoms with van der Waals surface area (Å²) in [6.45, 7) is 0.930. The van der Waals surface area contributed by atoms with Gasteiger partial charge in [0.2, 0.25) is 0 Å². The summed E-state index contributed by atoms with van der Waals surface area (Å²) in [4.78, 5) is 3.96. The molecule has 0 aliphatic heterocycles. The SMILES string of the molecule is CC(N)(c1nc2cc(Br)ccc2s1)C(F)(F)F. The zero-order valence-corrected chi connectivity index (χ0v) is 11.1. The largest absolute Gasteiger partial charge is 0.412 e. The minimum atomic E-state index is -4.52. The third-order valence-electron chi connectivity index (χ3n) is 2.38. The lowest BCUT2D eigenvalue weighted by atomic mass is 10.1. The van der Waals surface area contributed by atoms with E-state index in [1.54, 1.807) is 18.2 Å². The molecule has 17 heavy (non-hydrogen) atoms. The fraction of sp³-hybridized carbons (Fsp3) is 0.300. The van der Waals surface area contributed by atoms with Gasteiger partial charge in [-0.15, -0.1) is 11.3 Å². The molecule has 1 aromatic heterocycles. The standard InChI is InChI=1S/C10H8BrF3N2S/c1-9(15,10(12,13)14)8-16-6-4-5(11)2-3-7(6)17-8/h2-4H,15H2,1H3. The van der Waals surface area contributed by atoms with E-state index in [9.17, 15) is 13.2 Å². The van der Waals surface area contributed by atoms with Crippen molar-refractivity contribution in [2.24, 2.45) is 5.73 Å². The molecule has 2 aromatic rings. The Labute approximate surface area is 108 Å². The molecule has 0 saturated carbocycles. The first-order chi connectivity index (χ1) is 7.72. The van der Waals surface area contributed by atoms with Gasteiger partial charge in [-0.05, 0) is 25.1 Å². The maximum atomic E-state index is 12.8. The lowest BCUT2D eigenvalue weighted by molar-refractivity contribution is -0.184. The van der Waals surface area contributed by atoms with Gasteiger partial charge in [0.1, 0.15) is 5.01 Å². The molecule has 7 heteroatoms. The second-order valence-electron chi connectivity index (χ2n) is 3.83. The van der Waals surface area contributed by atoms with Crippen LogP contribution in [0.1, 0.15) is 11.9 Å². The normalized spacial score (nSPS) is 16.1. The molecule has 0 bridgehead atoms. The Kier molecular flexibility index (Phi) is 2.95. The number of nitrogens with two attached hydrogens (primary N) is 1. The topological polar surface area (TPSA) is 38.9 Å². The molecule has 0 aliphatic carbocycles. The molecule has 92 valence electrons. The van der Waals surface area contributed by atoms with Crippen LogP contribution in [0.2, 0.25) is 0 Å². The van der Waals surface area contributed by atoms with Crippen LogP contribution in [0.5, 0.6) is 0 Å². The number of nitrogens with zero attached hydrogens (tertiary/aromatic N) is 1. The van der Waals surface area contributed by atoms with Gasteiger partial charge in [0.25, 0.3) is 0 Å². The lowest BCUT2D eigenvalue weighted by Crippen LogP contribution is -2.47. The predicted octanol–water partition coefficient (Wildman–Crippen LogP) is 3.80. The van der Waals surface area contributed by atoms with Gasteiger partial charge in [-0.1, -0.05) is 15.9 Å². The summed E-state index contributed by atoms with van der Waals surface area (Å²) >= 11 is 4.21. The summed E-state index contributed by atoms with van der Waals surface area (Å²) in [5.74, 6) is 0. The zero-order chi connectivity index (χ0) is 12.8. The molecule has 0 radical (unpaired) electrons. The number of aromatic nitrogens is 1. The van der Waals surface area contributed by atoms with E-state index < -0.39 is 11.7 Å². The van der Waals surface area contributed by atoms with Crippen molar-refractivity contribution in [1.82, 2.24) is 4.98 Å². The molecule has 2 nitrogen and oxygen atoms in total. The summed E-state index contributed by atoms with van der Waals surface area (Å²) in [5, 5.41) is -0.127. The number of rotatable bonds is 1. The van der Waals surface area contributed by atoms with Gasteiger partial charge < -0.3 is 5.73 Å². The van der Waals surface area contributed by atoms with E-state index in [1.165, 1.54) is 0 Å². The van der Waals surface area contributed by atoms with Gasteiger partial charge in [0, 0.05) is 4.47 Å². The van der Waals surface area contributed by atoms with Crippen molar-refractivity contribution in [2.75, 3.05) is 0 Å². The van der Waals surface area contributed by atoms with Crippen LogP contribution in [0.4, 0.5) is 13.2 Å². The van der Waals surface area contributed by atoms with E-state index in [2.05, 4.69) is 20.9 Å². The molecular weight excluding hydrogens is 317 g/mol. The zero-order valence-electron chi connectivity index (χ0n) is 8.68. The molecule has 1 unspecified atom stereocenters. The third-order valence-corrected chi connectivity index (χ3v) is 4.15. The van der Waals surface area contributed by atoms with Crippen molar-refractivity contribution in [3.05, 3.63) is 27.7 Å². The van der Waals surface area contributed by atoms with Crippen molar-refractivity contribution < 1.29 is 13.2 Å². The van der Waals surface area contributed by atoms with Crippen molar-refractivity contribution in [3.63, 3.8) is 0 Å². The molecule has 0 spiro atoms. The second-order valence-corrected chi connectivity index (χ2v) is 5.78. The van der Waals surface area contributed by atoms with Crippen molar-refractivity contribution in [1.29, 1.82) is 0 Å². The molecule has 2 N–H and O–H groups in total. The molecule has 1 atom stereocenters. The van der Waals surface area contributed by atoms with Gasteiger partial charge in [-0.3, -0.25) is 0 Å². The molecule has 0 aliphatic rings. The maximum Gasteiger partial charge on any atom is 0.412 e. The molecule has 2 rings (SSSR count). The average Bonchev–Trinajstić information content (AvgIpc) is 2.58. The minimum Gasteiger partial charge on any atom is -0.312 e. The number of hydrogen-bond acceptors (Lipinski definition) is 3. The number of thiazole rings is 1. The van der Waals surface area contributed by atoms with Crippen LogP contribution >= 0.6 is 27.3 Å². The first-order valence-corrected chi connectivity index (χ1v) is 6.25. The van der Waals surface area contributed by atoms with Gasteiger partial charge in [0.05, 0.1) is 10.2 Å². The second kappa shape index (κ2) is 3.93. The number of fused-ring (bicyclic) bond motifs is 1. The molecule has 0 amide bonds. The van der Waals surface area contributed by atoms with E-state index in [4.69, 9.17) is 5.73 Å². The summed E-state index contributed by atoms with van der Waals surface area (Å²) in [5.41, 5.74) is 3.43. The smallest absolute Gasteiger partial charge is 0.312 e. The highest BCUT2D eigenvalue weighted by atomic mass is 79.9. The molecular formula is C10H8BrF3N2S. The predicted molar refractivity (Wildman–Crippen MR) is 64.9 cm³/mol. The first kappa shape index (κ1) is 12.8. The van der Waals surface area contributed by atoms with Gasteiger partial charge in [-0.2, -0.15) is 13.2 Å². The van der Waals surface area contributed by atoms with Crippen LogP contribution < -0.4 is 5.73 Å². The Bertz CT molecular complexity index is 562. The Hall–Kier alpha value is -0.660. The summed E-state index contributed by atoms with van der Waals surface area (Å²) in [7, 11) is 0. The Morgan fingerprint density at radius 1 is 1.35 bits per heavy atom. The molecule has 0 fully saturated rings. The lowest BCUT2D eigenvalue weighted by Gasteiger charge is -2.24. The van der Waals surface area contributed by atoms with Crippen molar-refractivity contribution in [3.8, 4) is 0 Å². The Balaban J connectivity index is 2.57. The van der Waals surface area contributed by atoms with E-state index >= 15 is 0 Å². The Morgan fingerprint density at radius 3 is 2.59 bits per heavy atom. The fourth-order valence-electron chi connectivity index (χ4n) is 1.24. The maximum absolute atomic E-state index is 12.8. The number of hydrogen-bond donors (Lipinski definition) is 1. The van der Waals surface area contributed by atoms with E-state index in [0.717, 1.165) is 22.7 Å². The number of halogens is 4. The first-order valence-electron chi connectivity index (χ1n) is 4.64.